The Morgan fingerprint density at radius 3 is 2.00 bits per heavy atom. The third kappa shape index (κ3) is 5.00. The van der Waals surface area contributed by atoms with Crippen molar-refractivity contribution in [3.63, 3.8) is 0 Å². The minimum Gasteiger partial charge on any atom is -0.491 e. The van der Waals surface area contributed by atoms with E-state index < -0.39 is 6.10 Å². The molecular weight excluding hydrogens is 278 g/mol. The van der Waals surface area contributed by atoms with Gasteiger partial charge in [0.15, 0.2) is 0 Å². The molecule has 4 heteroatoms. The van der Waals surface area contributed by atoms with Crippen molar-refractivity contribution < 1.29 is 14.9 Å². The Morgan fingerprint density at radius 2 is 1.50 bits per heavy atom. The predicted molar refractivity (Wildman–Crippen MR) is 88.3 cm³/mol. The fourth-order valence-corrected chi connectivity index (χ4v) is 1.88. The highest BCUT2D eigenvalue weighted by Gasteiger charge is 2.02. The number of benzene rings is 2. The van der Waals surface area contributed by atoms with Gasteiger partial charge >= 0.3 is 0 Å². The summed E-state index contributed by atoms with van der Waals surface area (Å²) in [6.07, 6.45) is 3.20. The molecule has 0 aliphatic carbocycles. The standard InChI is InChI=1S/C18H21NO3/c19-11-16-5-3-14(4-6-16)1-2-15-7-9-18(10-8-15)22-13-17(21)12-20/h1-10,17,20-21H,11-13,19H2/b2-1+. The lowest BCUT2D eigenvalue weighted by Crippen LogP contribution is -2.21. The molecule has 4 nitrogen and oxygen atoms in total. The molecule has 0 spiro atoms. The molecule has 0 fully saturated rings. The zero-order chi connectivity index (χ0) is 15.8. The third-order valence-corrected chi connectivity index (χ3v) is 3.22. The molecule has 0 saturated heterocycles. The van der Waals surface area contributed by atoms with Crippen LogP contribution in [-0.4, -0.2) is 29.5 Å². The van der Waals surface area contributed by atoms with Crippen LogP contribution in [0.3, 0.4) is 0 Å². The van der Waals surface area contributed by atoms with Crippen LogP contribution >= 0.6 is 0 Å². The van der Waals surface area contributed by atoms with Crippen LogP contribution in [0.1, 0.15) is 16.7 Å². The largest absolute Gasteiger partial charge is 0.491 e. The molecule has 0 aliphatic heterocycles. The molecule has 2 aromatic carbocycles. The highest BCUT2D eigenvalue weighted by atomic mass is 16.5. The Balaban J connectivity index is 1.93. The summed E-state index contributed by atoms with van der Waals surface area (Å²) in [6.45, 7) is 0.333. The first-order chi connectivity index (χ1) is 10.7. The summed E-state index contributed by atoms with van der Waals surface area (Å²) in [5.74, 6) is 0.664. The number of aliphatic hydroxyl groups is 2. The molecule has 1 unspecified atom stereocenters. The van der Waals surface area contributed by atoms with Gasteiger partial charge in [-0.3, -0.25) is 0 Å². The van der Waals surface area contributed by atoms with Crippen molar-refractivity contribution in [2.24, 2.45) is 5.73 Å². The fraction of sp³-hybridized carbons (Fsp3) is 0.222. The second-order valence-corrected chi connectivity index (χ2v) is 5.00. The fourth-order valence-electron chi connectivity index (χ4n) is 1.88. The van der Waals surface area contributed by atoms with Crippen LogP contribution in [0.15, 0.2) is 48.5 Å². The summed E-state index contributed by atoms with van der Waals surface area (Å²) >= 11 is 0. The molecule has 2 aromatic rings. The van der Waals surface area contributed by atoms with E-state index in [2.05, 4.69) is 0 Å². The van der Waals surface area contributed by atoms with Gasteiger partial charge in [0.1, 0.15) is 18.5 Å². The van der Waals surface area contributed by atoms with Gasteiger partial charge in [0.25, 0.3) is 0 Å². The zero-order valence-corrected chi connectivity index (χ0v) is 12.4. The van der Waals surface area contributed by atoms with Gasteiger partial charge in [-0.1, -0.05) is 48.6 Å². The van der Waals surface area contributed by atoms with Gasteiger partial charge in [-0.25, -0.2) is 0 Å². The topological polar surface area (TPSA) is 75.7 Å². The van der Waals surface area contributed by atoms with Gasteiger partial charge in [0.2, 0.25) is 0 Å². The molecule has 4 N–H and O–H groups in total. The van der Waals surface area contributed by atoms with E-state index in [1.165, 1.54) is 0 Å². The first-order valence-corrected chi connectivity index (χ1v) is 7.20. The van der Waals surface area contributed by atoms with Crippen LogP contribution in [0.2, 0.25) is 0 Å². The number of ether oxygens (including phenoxy) is 1. The Kier molecular flexibility index (Phi) is 6.15. The molecule has 1 atom stereocenters. The number of hydrogen-bond acceptors (Lipinski definition) is 4. The molecule has 0 aliphatic rings. The lowest BCUT2D eigenvalue weighted by molar-refractivity contribution is 0.0536. The first kappa shape index (κ1) is 16.2. The Labute approximate surface area is 130 Å². The normalized spacial score (nSPS) is 12.5. The average Bonchev–Trinajstić information content (AvgIpc) is 2.59. The maximum atomic E-state index is 9.23. The van der Waals surface area contributed by atoms with E-state index in [4.69, 9.17) is 15.6 Å². The monoisotopic (exact) mass is 299 g/mol. The SMILES string of the molecule is NCc1ccc(/C=C/c2ccc(OCC(O)CO)cc2)cc1. The quantitative estimate of drug-likeness (QED) is 0.684. The zero-order valence-electron chi connectivity index (χ0n) is 12.4. The van der Waals surface area contributed by atoms with Crippen LogP contribution in [0.5, 0.6) is 5.75 Å². The van der Waals surface area contributed by atoms with Crippen LogP contribution in [0.4, 0.5) is 0 Å². The lowest BCUT2D eigenvalue weighted by atomic mass is 10.1. The van der Waals surface area contributed by atoms with Crippen LogP contribution in [0, 0.1) is 0 Å². The van der Waals surface area contributed by atoms with Crippen molar-refractivity contribution in [1.29, 1.82) is 0 Å². The average molecular weight is 299 g/mol. The maximum Gasteiger partial charge on any atom is 0.119 e. The molecule has 0 aromatic heterocycles. The molecule has 116 valence electrons. The lowest BCUT2D eigenvalue weighted by Gasteiger charge is -2.09. The van der Waals surface area contributed by atoms with Gasteiger partial charge < -0.3 is 20.7 Å². The number of hydrogen-bond donors (Lipinski definition) is 3. The van der Waals surface area contributed by atoms with Crippen molar-refractivity contribution in [2.75, 3.05) is 13.2 Å². The van der Waals surface area contributed by atoms with E-state index in [9.17, 15) is 5.11 Å². The van der Waals surface area contributed by atoms with Crippen LogP contribution in [0.25, 0.3) is 12.2 Å². The van der Waals surface area contributed by atoms with Gasteiger partial charge in [0, 0.05) is 6.54 Å². The second-order valence-electron chi connectivity index (χ2n) is 5.00. The number of aliphatic hydroxyl groups excluding tert-OH is 2. The van der Waals surface area contributed by atoms with Gasteiger partial charge in [-0.2, -0.15) is 0 Å². The maximum absolute atomic E-state index is 9.23. The van der Waals surface area contributed by atoms with E-state index in [1.807, 2.05) is 60.7 Å². The molecule has 0 radical (unpaired) electrons. The van der Waals surface area contributed by atoms with E-state index >= 15 is 0 Å². The number of nitrogens with two attached hydrogens (primary N) is 1. The Bertz CT molecular complexity index is 591. The second kappa shape index (κ2) is 8.34. The molecule has 2 rings (SSSR count). The Hall–Kier alpha value is -2.14. The summed E-state index contributed by atoms with van der Waals surface area (Å²) in [7, 11) is 0. The van der Waals surface area contributed by atoms with E-state index in [1.54, 1.807) is 0 Å². The van der Waals surface area contributed by atoms with E-state index in [0.717, 1.165) is 16.7 Å². The molecular formula is C18H21NO3. The summed E-state index contributed by atoms with van der Waals surface area (Å²) in [4.78, 5) is 0. The molecule has 0 bridgehead atoms. The van der Waals surface area contributed by atoms with Gasteiger partial charge in [-0.15, -0.1) is 0 Å². The van der Waals surface area contributed by atoms with Crippen molar-refractivity contribution in [3.8, 4) is 5.75 Å². The molecule has 0 saturated carbocycles. The minimum atomic E-state index is -0.851. The van der Waals surface area contributed by atoms with Gasteiger partial charge in [0.05, 0.1) is 6.61 Å². The summed E-state index contributed by atoms with van der Waals surface area (Å²) < 4.78 is 5.36. The summed E-state index contributed by atoms with van der Waals surface area (Å²) in [5, 5.41) is 17.9. The highest BCUT2D eigenvalue weighted by molar-refractivity contribution is 5.69. The van der Waals surface area contributed by atoms with Crippen molar-refractivity contribution >= 4 is 12.2 Å². The van der Waals surface area contributed by atoms with Crippen LogP contribution in [-0.2, 0) is 6.54 Å². The smallest absolute Gasteiger partial charge is 0.119 e. The number of rotatable bonds is 7. The molecule has 22 heavy (non-hydrogen) atoms. The highest BCUT2D eigenvalue weighted by Crippen LogP contribution is 2.15. The van der Waals surface area contributed by atoms with E-state index in [-0.39, 0.29) is 13.2 Å². The van der Waals surface area contributed by atoms with Crippen molar-refractivity contribution in [1.82, 2.24) is 0 Å². The summed E-state index contributed by atoms with van der Waals surface area (Å²) in [6, 6.07) is 15.6. The molecule has 0 heterocycles. The summed E-state index contributed by atoms with van der Waals surface area (Å²) in [5.41, 5.74) is 8.85. The van der Waals surface area contributed by atoms with Crippen molar-refractivity contribution in [2.45, 2.75) is 12.6 Å². The van der Waals surface area contributed by atoms with Crippen molar-refractivity contribution in [3.05, 3.63) is 65.2 Å². The van der Waals surface area contributed by atoms with Crippen LogP contribution < -0.4 is 10.5 Å². The predicted octanol–water partition coefficient (Wildman–Crippen LogP) is 2.05. The van der Waals surface area contributed by atoms with Gasteiger partial charge in [-0.05, 0) is 28.8 Å². The molecule has 0 amide bonds. The van der Waals surface area contributed by atoms with E-state index in [0.29, 0.717) is 12.3 Å². The third-order valence-electron chi connectivity index (χ3n) is 3.22. The first-order valence-electron chi connectivity index (χ1n) is 7.20. The Morgan fingerprint density at radius 1 is 0.955 bits per heavy atom. The minimum absolute atomic E-state index is 0.0825.